The molecule has 0 saturated heterocycles. The molecule has 1 aliphatic rings. The molecule has 6 heteroatoms. The number of carbonyl (C=O) groups excluding carboxylic acids is 1. The van der Waals surface area contributed by atoms with Gasteiger partial charge in [-0.15, -0.1) is 0 Å². The van der Waals surface area contributed by atoms with E-state index in [0.717, 1.165) is 36.5 Å². The first-order valence-electron chi connectivity index (χ1n) is 9.98. The van der Waals surface area contributed by atoms with Crippen LogP contribution >= 0.6 is 0 Å². The van der Waals surface area contributed by atoms with Gasteiger partial charge in [0.2, 0.25) is 5.91 Å². The third-order valence-corrected chi connectivity index (χ3v) is 5.80. The molecule has 0 radical (unpaired) electrons. The molecule has 1 N–H and O–H groups in total. The number of nitrogens with one attached hydrogen (secondary N) is 1. The highest BCUT2D eigenvalue weighted by Crippen LogP contribution is 2.28. The number of nitrogens with zero attached hydrogens (tertiary/aromatic N) is 3. The molecule has 4 rings (SSSR count). The van der Waals surface area contributed by atoms with Crippen molar-refractivity contribution in [1.82, 2.24) is 9.36 Å². The van der Waals surface area contributed by atoms with Gasteiger partial charge in [0.05, 0.1) is 11.4 Å². The van der Waals surface area contributed by atoms with Crippen LogP contribution in [0.3, 0.4) is 0 Å². The third-order valence-electron chi connectivity index (χ3n) is 5.80. The Kier molecular flexibility index (Phi) is 5.01. The molecule has 0 unspecified atom stereocenters. The SMILES string of the molecule is Cc1c(NC(=O)[C@H](C)N2CCCc3ccccc32)c(=O)n(-c2ccccc2)n1C. The lowest BCUT2D eigenvalue weighted by molar-refractivity contribution is -0.117. The molecule has 150 valence electrons. The fourth-order valence-electron chi connectivity index (χ4n) is 4.05. The van der Waals surface area contributed by atoms with Crippen molar-refractivity contribution < 1.29 is 4.79 Å². The maximum atomic E-state index is 13.1. The molecule has 0 aliphatic carbocycles. The molecule has 2 heterocycles. The fraction of sp³-hybridized carbons (Fsp3) is 0.304. The van der Waals surface area contributed by atoms with Gasteiger partial charge in [-0.25, -0.2) is 4.68 Å². The standard InChI is InChI=1S/C23H26N4O2/c1-16-21(23(29)27(25(16)3)19-12-5-4-6-13-19)24-22(28)17(2)26-15-9-11-18-10-7-8-14-20(18)26/h4-8,10,12-14,17H,9,11,15H2,1-3H3,(H,24,28)/t17-/m0/s1. The van der Waals surface area contributed by atoms with Gasteiger partial charge in [-0.2, -0.15) is 0 Å². The van der Waals surface area contributed by atoms with Gasteiger partial charge in [-0.3, -0.25) is 14.3 Å². The highest BCUT2D eigenvalue weighted by Gasteiger charge is 2.27. The summed E-state index contributed by atoms with van der Waals surface area (Å²) in [5.74, 6) is -0.173. The van der Waals surface area contributed by atoms with E-state index >= 15 is 0 Å². The minimum atomic E-state index is -0.374. The Morgan fingerprint density at radius 1 is 1.07 bits per heavy atom. The van der Waals surface area contributed by atoms with Crippen LogP contribution in [0.2, 0.25) is 0 Å². The van der Waals surface area contributed by atoms with E-state index in [1.54, 1.807) is 9.36 Å². The number of para-hydroxylation sites is 2. The van der Waals surface area contributed by atoms with Crippen LogP contribution in [0.25, 0.3) is 5.69 Å². The van der Waals surface area contributed by atoms with Gasteiger partial charge in [0.1, 0.15) is 11.7 Å². The predicted octanol–water partition coefficient (Wildman–Crippen LogP) is 3.26. The Morgan fingerprint density at radius 3 is 2.52 bits per heavy atom. The normalized spacial score (nSPS) is 14.4. The van der Waals surface area contributed by atoms with E-state index in [-0.39, 0.29) is 17.5 Å². The summed E-state index contributed by atoms with van der Waals surface area (Å²) in [6.07, 6.45) is 2.04. The summed E-state index contributed by atoms with van der Waals surface area (Å²) < 4.78 is 3.35. The molecule has 2 aromatic carbocycles. The van der Waals surface area contributed by atoms with Crippen LogP contribution in [0.15, 0.2) is 59.4 Å². The molecule has 0 saturated carbocycles. The number of rotatable bonds is 4. The van der Waals surface area contributed by atoms with E-state index in [1.807, 2.05) is 63.4 Å². The molecule has 1 aromatic heterocycles. The second-order valence-electron chi connectivity index (χ2n) is 7.53. The topological polar surface area (TPSA) is 59.3 Å². The van der Waals surface area contributed by atoms with Gasteiger partial charge >= 0.3 is 0 Å². The average molecular weight is 390 g/mol. The Labute approximate surface area is 170 Å². The lowest BCUT2D eigenvalue weighted by Crippen LogP contribution is -2.45. The first-order chi connectivity index (χ1) is 14.0. The Hall–Kier alpha value is -3.28. The maximum absolute atomic E-state index is 13.1. The van der Waals surface area contributed by atoms with Crippen LogP contribution in [-0.2, 0) is 18.3 Å². The molecular weight excluding hydrogens is 364 g/mol. The largest absolute Gasteiger partial charge is 0.360 e. The zero-order chi connectivity index (χ0) is 20.5. The lowest BCUT2D eigenvalue weighted by Gasteiger charge is -2.35. The van der Waals surface area contributed by atoms with E-state index in [9.17, 15) is 9.59 Å². The first-order valence-corrected chi connectivity index (χ1v) is 9.98. The van der Waals surface area contributed by atoms with E-state index in [4.69, 9.17) is 0 Å². The fourth-order valence-corrected chi connectivity index (χ4v) is 4.05. The zero-order valence-corrected chi connectivity index (χ0v) is 17.1. The minimum Gasteiger partial charge on any atom is -0.360 e. The van der Waals surface area contributed by atoms with Crippen molar-refractivity contribution in [2.24, 2.45) is 7.05 Å². The van der Waals surface area contributed by atoms with E-state index in [2.05, 4.69) is 22.3 Å². The van der Waals surface area contributed by atoms with Crippen molar-refractivity contribution in [2.45, 2.75) is 32.7 Å². The van der Waals surface area contributed by atoms with Gasteiger partial charge < -0.3 is 10.2 Å². The molecule has 1 aliphatic heterocycles. The minimum absolute atomic E-state index is 0.173. The van der Waals surface area contributed by atoms with Crippen molar-refractivity contribution in [3.63, 3.8) is 0 Å². The van der Waals surface area contributed by atoms with E-state index in [0.29, 0.717) is 5.69 Å². The molecule has 1 amide bonds. The summed E-state index contributed by atoms with van der Waals surface area (Å²) in [6, 6.07) is 17.3. The number of aromatic nitrogens is 2. The number of anilines is 2. The van der Waals surface area contributed by atoms with Crippen LogP contribution in [0.1, 0.15) is 24.6 Å². The van der Waals surface area contributed by atoms with Crippen LogP contribution in [0.4, 0.5) is 11.4 Å². The van der Waals surface area contributed by atoms with Crippen molar-refractivity contribution in [2.75, 3.05) is 16.8 Å². The van der Waals surface area contributed by atoms with Crippen molar-refractivity contribution >= 4 is 17.3 Å². The summed E-state index contributed by atoms with van der Waals surface area (Å²) in [4.78, 5) is 28.3. The molecule has 1 atom stereocenters. The molecule has 3 aromatic rings. The number of hydrogen-bond donors (Lipinski definition) is 1. The third kappa shape index (κ3) is 3.35. The number of aryl methyl sites for hydroxylation is 1. The van der Waals surface area contributed by atoms with Crippen LogP contribution in [-0.4, -0.2) is 27.9 Å². The van der Waals surface area contributed by atoms with Gasteiger partial charge in [-0.05, 0) is 50.5 Å². The molecule has 0 spiro atoms. The van der Waals surface area contributed by atoms with Crippen LogP contribution in [0, 0.1) is 6.92 Å². The number of amides is 1. The Morgan fingerprint density at radius 2 is 1.76 bits per heavy atom. The number of carbonyl (C=O) groups is 1. The van der Waals surface area contributed by atoms with E-state index < -0.39 is 0 Å². The highest BCUT2D eigenvalue weighted by atomic mass is 16.2. The molecule has 0 fully saturated rings. The van der Waals surface area contributed by atoms with Gasteiger partial charge in [0.25, 0.3) is 5.56 Å². The molecule has 0 bridgehead atoms. The van der Waals surface area contributed by atoms with Crippen molar-refractivity contribution in [1.29, 1.82) is 0 Å². The summed E-state index contributed by atoms with van der Waals surface area (Å²) in [6.45, 7) is 4.57. The second kappa shape index (κ2) is 7.62. The summed E-state index contributed by atoms with van der Waals surface area (Å²) >= 11 is 0. The first kappa shape index (κ1) is 19.1. The monoisotopic (exact) mass is 390 g/mol. The molecule has 29 heavy (non-hydrogen) atoms. The summed E-state index contributed by atoms with van der Waals surface area (Å²) in [5.41, 5.74) is 3.96. The smallest absolute Gasteiger partial charge is 0.295 e. The average Bonchev–Trinajstić information content (AvgIpc) is 2.96. The Bertz CT molecular complexity index is 1100. The molecular formula is C23H26N4O2. The summed E-state index contributed by atoms with van der Waals surface area (Å²) in [5, 5.41) is 2.90. The van der Waals surface area contributed by atoms with Gasteiger partial charge in [0.15, 0.2) is 0 Å². The second-order valence-corrected chi connectivity index (χ2v) is 7.53. The summed E-state index contributed by atoms with van der Waals surface area (Å²) in [7, 11) is 1.82. The zero-order valence-electron chi connectivity index (χ0n) is 17.1. The van der Waals surface area contributed by atoms with E-state index in [1.165, 1.54) is 5.56 Å². The number of hydrogen-bond acceptors (Lipinski definition) is 3. The van der Waals surface area contributed by atoms with Crippen LogP contribution in [0.5, 0.6) is 0 Å². The predicted molar refractivity (Wildman–Crippen MR) is 116 cm³/mol. The number of benzene rings is 2. The van der Waals surface area contributed by atoms with Crippen molar-refractivity contribution in [3.8, 4) is 5.69 Å². The number of fused-ring (bicyclic) bond motifs is 1. The molecule has 6 nitrogen and oxygen atoms in total. The van der Waals surface area contributed by atoms with Gasteiger partial charge in [-0.1, -0.05) is 36.4 Å². The Balaban J connectivity index is 1.62. The lowest BCUT2D eigenvalue weighted by atomic mass is 10.00. The van der Waals surface area contributed by atoms with Crippen molar-refractivity contribution in [3.05, 3.63) is 76.2 Å². The quantitative estimate of drug-likeness (QED) is 0.744. The highest BCUT2D eigenvalue weighted by molar-refractivity contribution is 5.97. The van der Waals surface area contributed by atoms with Crippen LogP contribution < -0.4 is 15.8 Å². The van der Waals surface area contributed by atoms with Gasteiger partial charge in [0, 0.05) is 19.3 Å². The maximum Gasteiger partial charge on any atom is 0.295 e.